The van der Waals surface area contributed by atoms with Gasteiger partial charge in [-0.3, -0.25) is 0 Å². The molecule has 0 aliphatic rings. The molecule has 1 atom stereocenters. The Kier molecular flexibility index (Phi) is 5.60. The van der Waals surface area contributed by atoms with E-state index >= 15 is 0 Å². The minimum absolute atomic E-state index is 0.257. The molecule has 0 amide bonds. The highest BCUT2D eigenvalue weighted by molar-refractivity contribution is 5.93. The molecular formula is C22H22O5. The van der Waals surface area contributed by atoms with Gasteiger partial charge in [-0.1, -0.05) is 44.2 Å². The van der Waals surface area contributed by atoms with E-state index in [9.17, 15) is 9.59 Å². The van der Waals surface area contributed by atoms with Crippen molar-refractivity contribution in [3.05, 3.63) is 65.0 Å². The second kappa shape index (κ2) is 8.08. The van der Waals surface area contributed by atoms with Crippen molar-refractivity contribution in [3.8, 4) is 16.9 Å². The van der Waals surface area contributed by atoms with Crippen molar-refractivity contribution in [3.63, 3.8) is 0 Å². The fourth-order valence-electron chi connectivity index (χ4n) is 2.69. The first kappa shape index (κ1) is 18.7. The van der Waals surface area contributed by atoms with Gasteiger partial charge in [-0.25, -0.2) is 9.59 Å². The molecule has 0 saturated carbocycles. The van der Waals surface area contributed by atoms with Gasteiger partial charge in [0.05, 0.1) is 6.61 Å². The van der Waals surface area contributed by atoms with E-state index in [1.54, 1.807) is 19.1 Å². The molecule has 0 aliphatic heterocycles. The third kappa shape index (κ3) is 4.56. The highest BCUT2D eigenvalue weighted by atomic mass is 16.6. The SMILES string of the molecule is CC(C)COC(=O)[C@@H](C)Oc1ccc2c(-c3ccccc3)cc(=O)oc2c1. The largest absolute Gasteiger partial charge is 0.479 e. The standard InChI is InChI=1S/C22H22O5/c1-14(2)13-25-22(24)15(3)26-17-9-10-18-19(16-7-5-4-6-8-16)12-21(23)27-20(18)11-17/h4-12,14-15H,13H2,1-3H3/t15-/m1/s1. The maximum atomic E-state index is 12.0. The molecule has 2 aromatic carbocycles. The lowest BCUT2D eigenvalue weighted by molar-refractivity contribution is -0.152. The van der Waals surface area contributed by atoms with E-state index in [2.05, 4.69) is 0 Å². The number of hydrogen-bond donors (Lipinski definition) is 0. The minimum Gasteiger partial charge on any atom is -0.479 e. The third-order valence-electron chi connectivity index (χ3n) is 4.00. The van der Waals surface area contributed by atoms with Crippen LogP contribution in [0.15, 0.2) is 63.8 Å². The zero-order valence-corrected chi connectivity index (χ0v) is 15.6. The monoisotopic (exact) mass is 366 g/mol. The lowest BCUT2D eigenvalue weighted by atomic mass is 10.0. The topological polar surface area (TPSA) is 65.7 Å². The maximum Gasteiger partial charge on any atom is 0.347 e. The van der Waals surface area contributed by atoms with Gasteiger partial charge in [0.15, 0.2) is 6.10 Å². The zero-order chi connectivity index (χ0) is 19.4. The Morgan fingerprint density at radius 1 is 1.04 bits per heavy atom. The van der Waals surface area contributed by atoms with E-state index < -0.39 is 17.7 Å². The van der Waals surface area contributed by atoms with E-state index in [-0.39, 0.29) is 5.92 Å². The molecule has 140 valence electrons. The Balaban J connectivity index is 1.88. The smallest absolute Gasteiger partial charge is 0.347 e. The second-order valence-corrected chi connectivity index (χ2v) is 6.79. The summed E-state index contributed by atoms with van der Waals surface area (Å²) in [6.45, 7) is 5.91. The van der Waals surface area contributed by atoms with Crippen LogP contribution >= 0.6 is 0 Å². The number of carbonyl (C=O) groups excluding carboxylic acids is 1. The summed E-state index contributed by atoms with van der Waals surface area (Å²) in [5.74, 6) is 0.264. The van der Waals surface area contributed by atoms with Gasteiger partial charge in [0.1, 0.15) is 11.3 Å². The van der Waals surface area contributed by atoms with Crippen LogP contribution in [0.1, 0.15) is 20.8 Å². The van der Waals surface area contributed by atoms with E-state index in [1.807, 2.05) is 50.2 Å². The number of rotatable bonds is 6. The van der Waals surface area contributed by atoms with Crippen LogP contribution in [0.2, 0.25) is 0 Å². The van der Waals surface area contributed by atoms with Gasteiger partial charge in [0.2, 0.25) is 0 Å². The van der Waals surface area contributed by atoms with Crippen molar-refractivity contribution in [2.75, 3.05) is 6.61 Å². The fourth-order valence-corrected chi connectivity index (χ4v) is 2.69. The highest BCUT2D eigenvalue weighted by Crippen LogP contribution is 2.29. The molecule has 3 aromatic rings. The van der Waals surface area contributed by atoms with E-state index in [0.29, 0.717) is 17.9 Å². The van der Waals surface area contributed by atoms with Crippen LogP contribution < -0.4 is 10.4 Å². The first-order chi connectivity index (χ1) is 12.9. The molecule has 5 nitrogen and oxygen atoms in total. The summed E-state index contributed by atoms with van der Waals surface area (Å²) < 4.78 is 16.2. The molecule has 1 aromatic heterocycles. The molecule has 0 aliphatic carbocycles. The van der Waals surface area contributed by atoms with Crippen molar-refractivity contribution in [1.82, 2.24) is 0 Å². The molecule has 3 rings (SSSR count). The first-order valence-corrected chi connectivity index (χ1v) is 8.90. The van der Waals surface area contributed by atoms with Gasteiger partial charge in [-0.15, -0.1) is 0 Å². The van der Waals surface area contributed by atoms with Crippen molar-refractivity contribution in [2.45, 2.75) is 26.9 Å². The van der Waals surface area contributed by atoms with Gasteiger partial charge in [0, 0.05) is 17.5 Å². The van der Waals surface area contributed by atoms with Gasteiger partial charge >= 0.3 is 11.6 Å². The van der Waals surface area contributed by atoms with Gasteiger partial charge in [-0.05, 0) is 36.1 Å². The lowest BCUT2D eigenvalue weighted by Gasteiger charge is -2.15. The molecule has 0 N–H and O–H groups in total. The summed E-state index contributed by atoms with van der Waals surface area (Å²) >= 11 is 0. The number of ether oxygens (including phenoxy) is 2. The highest BCUT2D eigenvalue weighted by Gasteiger charge is 2.17. The van der Waals surface area contributed by atoms with Crippen molar-refractivity contribution in [1.29, 1.82) is 0 Å². The number of hydrogen-bond acceptors (Lipinski definition) is 5. The number of esters is 1. The summed E-state index contributed by atoms with van der Waals surface area (Å²) in [6.07, 6.45) is -0.759. The fraction of sp³-hybridized carbons (Fsp3) is 0.273. The molecule has 0 fully saturated rings. The van der Waals surface area contributed by atoms with Gasteiger partial charge in [-0.2, -0.15) is 0 Å². The second-order valence-electron chi connectivity index (χ2n) is 6.79. The quantitative estimate of drug-likeness (QED) is 0.477. The molecule has 0 saturated heterocycles. The Labute approximate surface area is 157 Å². The molecule has 1 heterocycles. The van der Waals surface area contributed by atoms with Crippen LogP contribution in [0.25, 0.3) is 22.1 Å². The predicted octanol–water partition coefficient (Wildman–Crippen LogP) is 4.43. The van der Waals surface area contributed by atoms with Crippen LogP contribution in [0, 0.1) is 5.92 Å². The van der Waals surface area contributed by atoms with E-state index in [0.717, 1.165) is 16.5 Å². The molecule has 0 radical (unpaired) electrons. The van der Waals surface area contributed by atoms with Crippen LogP contribution in [0.4, 0.5) is 0 Å². The molecular weight excluding hydrogens is 344 g/mol. The lowest BCUT2D eigenvalue weighted by Crippen LogP contribution is -2.27. The third-order valence-corrected chi connectivity index (χ3v) is 4.00. The Morgan fingerprint density at radius 3 is 2.48 bits per heavy atom. The van der Waals surface area contributed by atoms with Gasteiger partial charge < -0.3 is 13.9 Å². The van der Waals surface area contributed by atoms with Crippen molar-refractivity contribution >= 4 is 16.9 Å². The molecule has 27 heavy (non-hydrogen) atoms. The number of fused-ring (bicyclic) bond motifs is 1. The summed E-state index contributed by atoms with van der Waals surface area (Å²) in [4.78, 5) is 24.0. The average molecular weight is 366 g/mol. The summed E-state index contributed by atoms with van der Waals surface area (Å²) in [7, 11) is 0. The van der Waals surface area contributed by atoms with E-state index in [4.69, 9.17) is 13.9 Å². The first-order valence-electron chi connectivity index (χ1n) is 8.90. The Hall–Kier alpha value is -3.08. The van der Waals surface area contributed by atoms with E-state index in [1.165, 1.54) is 6.07 Å². The predicted molar refractivity (Wildman–Crippen MR) is 104 cm³/mol. The molecule has 0 bridgehead atoms. The number of benzene rings is 2. The van der Waals surface area contributed by atoms with Crippen LogP contribution in [-0.2, 0) is 9.53 Å². The molecule has 5 heteroatoms. The number of carbonyl (C=O) groups is 1. The molecule has 0 unspecified atom stereocenters. The Bertz CT molecular complexity index is 989. The maximum absolute atomic E-state index is 12.0. The van der Waals surface area contributed by atoms with Crippen LogP contribution in [0.3, 0.4) is 0 Å². The summed E-state index contributed by atoms with van der Waals surface area (Å²) in [5.41, 5.74) is 1.68. The van der Waals surface area contributed by atoms with Gasteiger partial charge in [0.25, 0.3) is 0 Å². The zero-order valence-electron chi connectivity index (χ0n) is 15.6. The van der Waals surface area contributed by atoms with Crippen molar-refractivity contribution < 1.29 is 18.7 Å². The van der Waals surface area contributed by atoms with Crippen LogP contribution in [0.5, 0.6) is 5.75 Å². The van der Waals surface area contributed by atoms with Crippen molar-refractivity contribution in [2.24, 2.45) is 5.92 Å². The normalized spacial score (nSPS) is 12.1. The summed E-state index contributed by atoms with van der Waals surface area (Å²) in [5, 5.41) is 0.795. The molecule has 0 spiro atoms. The van der Waals surface area contributed by atoms with Crippen LogP contribution in [-0.4, -0.2) is 18.7 Å². The summed E-state index contributed by atoms with van der Waals surface area (Å²) in [6, 6.07) is 16.3. The Morgan fingerprint density at radius 2 is 1.78 bits per heavy atom. The average Bonchev–Trinajstić information content (AvgIpc) is 2.65. The minimum atomic E-state index is -0.759.